The monoisotopic (exact) mass is 338 g/mol. The van der Waals surface area contributed by atoms with Crippen LogP contribution in [0.4, 0.5) is 0 Å². The molecule has 6 nitrogen and oxygen atoms in total. The van der Waals surface area contributed by atoms with E-state index in [1.165, 1.54) is 0 Å². The van der Waals surface area contributed by atoms with E-state index < -0.39 is 21.3 Å². The highest BCUT2D eigenvalue weighted by Crippen LogP contribution is 2.32. The first-order chi connectivity index (χ1) is 10.2. The fourth-order valence-electron chi connectivity index (χ4n) is 3.16. The number of aliphatic hydroxyl groups is 3. The van der Waals surface area contributed by atoms with Gasteiger partial charge in [-0.3, -0.25) is 4.18 Å². The maximum absolute atomic E-state index is 10.6. The lowest BCUT2D eigenvalue weighted by Crippen LogP contribution is -2.26. The van der Waals surface area contributed by atoms with E-state index in [1.54, 1.807) is 0 Å². The molecule has 0 unspecified atom stereocenters. The molecule has 2 aliphatic rings. The first kappa shape index (κ1) is 19.8. The Bertz CT molecular complexity index is 408. The van der Waals surface area contributed by atoms with Crippen molar-refractivity contribution < 1.29 is 27.9 Å². The molecule has 0 amide bonds. The predicted octanol–water partition coefficient (Wildman–Crippen LogP) is 1.33. The number of hydrogen-bond acceptors (Lipinski definition) is 6. The fourth-order valence-corrected chi connectivity index (χ4v) is 3.54. The van der Waals surface area contributed by atoms with Gasteiger partial charge in [-0.25, -0.2) is 0 Å². The summed E-state index contributed by atoms with van der Waals surface area (Å²) in [5.74, 6) is 0. The molecule has 132 valence electrons. The van der Waals surface area contributed by atoms with Crippen molar-refractivity contribution in [1.82, 2.24) is 0 Å². The van der Waals surface area contributed by atoms with Gasteiger partial charge in [-0.2, -0.15) is 8.42 Å². The van der Waals surface area contributed by atoms with Crippen LogP contribution < -0.4 is 0 Å². The van der Waals surface area contributed by atoms with Crippen LogP contribution in [0.2, 0.25) is 0 Å². The molecule has 2 aliphatic carbocycles. The average Bonchev–Trinajstić information content (AvgIpc) is 2.99. The van der Waals surface area contributed by atoms with E-state index in [9.17, 15) is 18.6 Å². The van der Waals surface area contributed by atoms with Crippen molar-refractivity contribution >= 4 is 10.1 Å². The highest BCUT2D eigenvalue weighted by Gasteiger charge is 2.31. The lowest BCUT2D eigenvalue weighted by molar-refractivity contribution is 0.0224. The third kappa shape index (κ3) is 7.87. The minimum absolute atomic E-state index is 0.0926. The normalized spacial score (nSPS) is 23.1. The van der Waals surface area contributed by atoms with Crippen LogP contribution in [0.3, 0.4) is 0 Å². The summed E-state index contributed by atoms with van der Waals surface area (Å²) in [5.41, 5.74) is -1.18. The highest BCUT2D eigenvalue weighted by atomic mass is 32.2. The van der Waals surface area contributed by atoms with E-state index in [-0.39, 0.29) is 13.2 Å². The molecule has 2 fully saturated rings. The Hall–Kier alpha value is -0.210. The van der Waals surface area contributed by atoms with Crippen LogP contribution >= 0.6 is 0 Å². The summed E-state index contributed by atoms with van der Waals surface area (Å²) in [5, 5.41) is 27.9. The molecule has 0 aromatic heterocycles. The van der Waals surface area contributed by atoms with E-state index >= 15 is 0 Å². The smallest absolute Gasteiger partial charge is 0.264 e. The Balaban J connectivity index is 0.000000235. The van der Waals surface area contributed by atoms with E-state index in [2.05, 4.69) is 4.18 Å². The molecule has 0 saturated heterocycles. The number of aliphatic hydroxyl groups excluding tert-OH is 1. The molecule has 2 saturated carbocycles. The fraction of sp³-hybridized carbons (Fsp3) is 1.00. The first-order valence-electron chi connectivity index (χ1n) is 8.08. The lowest BCUT2D eigenvalue weighted by Gasteiger charge is -2.20. The van der Waals surface area contributed by atoms with Gasteiger partial charge in [0.25, 0.3) is 10.1 Å². The van der Waals surface area contributed by atoms with E-state index in [1.807, 2.05) is 0 Å². The molecular weight excluding hydrogens is 308 g/mol. The van der Waals surface area contributed by atoms with Crippen molar-refractivity contribution in [3.8, 4) is 0 Å². The summed E-state index contributed by atoms with van der Waals surface area (Å²) in [6.45, 7) is 0.214. The molecule has 0 aromatic rings. The van der Waals surface area contributed by atoms with Gasteiger partial charge in [0.1, 0.15) is 0 Å². The Morgan fingerprint density at radius 1 is 0.909 bits per heavy atom. The minimum atomic E-state index is -3.35. The van der Waals surface area contributed by atoms with Gasteiger partial charge in [0.05, 0.1) is 24.1 Å². The summed E-state index contributed by atoms with van der Waals surface area (Å²) in [6.07, 6.45) is 9.58. The summed E-state index contributed by atoms with van der Waals surface area (Å²) in [4.78, 5) is 0. The largest absolute Gasteiger partial charge is 0.396 e. The Labute approximate surface area is 133 Å². The SMILES string of the molecule is CS(=O)(=O)OCCC1(O)CCCC1.OCCC1(O)CCCC1. The summed E-state index contributed by atoms with van der Waals surface area (Å²) < 4.78 is 25.8. The maximum Gasteiger partial charge on any atom is 0.264 e. The molecule has 7 heteroatoms. The van der Waals surface area contributed by atoms with Crippen LogP contribution in [0, 0.1) is 0 Å². The Morgan fingerprint density at radius 2 is 1.32 bits per heavy atom. The van der Waals surface area contributed by atoms with Gasteiger partial charge in [-0.1, -0.05) is 25.7 Å². The van der Waals surface area contributed by atoms with Crippen LogP contribution in [0.5, 0.6) is 0 Å². The number of hydrogen-bond donors (Lipinski definition) is 3. The second kappa shape index (κ2) is 8.59. The molecule has 0 bridgehead atoms. The van der Waals surface area contributed by atoms with Crippen LogP contribution in [-0.2, 0) is 14.3 Å². The zero-order valence-electron chi connectivity index (χ0n) is 13.5. The van der Waals surface area contributed by atoms with Crippen molar-refractivity contribution in [1.29, 1.82) is 0 Å². The lowest BCUT2D eigenvalue weighted by atomic mass is 9.99. The number of rotatable bonds is 6. The molecular formula is C15H30O6S. The van der Waals surface area contributed by atoms with E-state index in [0.29, 0.717) is 12.8 Å². The standard InChI is InChI=1S/C8H16O4S.C7H14O2/c1-13(10,11)12-7-6-8(9)4-2-3-5-8;8-6-5-7(9)3-1-2-4-7/h9H,2-7H2,1H3;8-9H,1-6H2. The van der Waals surface area contributed by atoms with Crippen molar-refractivity contribution in [2.24, 2.45) is 0 Å². The van der Waals surface area contributed by atoms with Crippen molar-refractivity contribution in [3.05, 3.63) is 0 Å². The van der Waals surface area contributed by atoms with Gasteiger partial charge < -0.3 is 15.3 Å². The summed E-state index contributed by atoms with van der Waals surface area (Å²) in [6, 6.07) is 0. The second-order valence-corrected chi connectivity index (χ2v) is 8.26. The van der Waals surface area contributed by atoms with Gasteiger partial charge in [0.2, 0.25) is 0 Å². The molecule has 0 aliphatic heterocycles. The van der Waals surface area contributed by atoms with Crippen LogP contribution in [-0.4, -0.2) is 54.4 Å². The maximum atomic E-state index is 10.6. The van der Waals surface area contributed by atoms with Crippen LogP contribution in [0.25, 0.3) is 0 Å². The molecule has 3 N–H and O–H groups in total. The minimum Gasteiger partial charge on any atom is -0.396 e. The topological polar surface area (TPSA) is 104 Å². The van der Waals surface area contributed by atoms with Gasteiger partial charge in [-0.15, -0.1) is 0 Å². The van der Waals surface area contributed by atoms with Gasteiger partial charge >= 0.3 is 0 Å². The third-order valence-electron chi connectivity index (χ3n) is 4.51. The third-order valence-corrected chi connectivity index (χ3v) is 5.11. The van der Waals surface area contributed by atoms with Crippen molar-refractivity contribution in [3.63, 3.8) is 0 Å². The molecule has 2 rings (SSSR count). The first-order valence-corrected chi connectivity index (χ1v) is 9.90. The Morgan fingerprint density at radius 3 is 1.68 bits per heavy atom. The molecule has 0 aromatic carbocycles. The van der Waals surface area contributed by atoms with Crippen molar-refractivity contribution in [2.45, 2.75) is 75.4 Å². The molecule has 22 heavy (non-hydrogen) atoms. The molecule has 0 atom stereocenters. The Kier molecular flexibility index (Phi) is 7.74. The van der Waals surface area contributed by atoms with Gasteiger partial charge in [-0.05, 0) is 32.1 Å². The van der Waals surface area contributed by atoms with Crippen LogP contribution in [0.1, 0.15) is 64.2 Å². The zero-order valence-corrected chi connectivity index (χ0v) is 14.3. The van der Waals surface area contributed by atoms with Gasteiger partial charge in [0, 0.05) is 13.0 Å². The van der Waals surface area contributed by atoms with E-state index in [4.69, 9.17) is 5.11 Å². The summed E-state index contributed by atoms with van der Waals surface area (Å²) in [7, 11) is -3.35. The molecule has 0 spiro atoms. The second-order valence-electron chi connectivity index (χ2n) is 6.61. The van der Waals surface area contributed by atoms with E-state index in [0.717, 1.165) is 57.6 Å². The highest BCUT2D eigenvalue weighted by molar-refractivity contribution is 7.85. The molecule has 0 radical (unpaired) electrons. The zero-order chi connectivity index (χ0) is 16.7. The van der Waals surface area contributed by atoms with Gasteiger partial charge in [0.15, 0.2) is 0 Å². The van der Waals surface area contributed by atoms with Crippen LogP contribution in [0.15, 0.2) is 0 Å². The summed E-state index contributed by atoms with van der Waals surface area (Å²) >= 11 is 0. The quantitative estimate of drug-likeness (QED) is 0.631. The van der Waals surface area contributed by atoms with Crippen molar-refractivity contribution in [2.75, 3.05) is 19.5 Å². The molecule has 0 heterocycles. The average molecular weight is 338 g/mol. The predicted molar refractivity (Wildman–Crippen MR) is 84.0 cm³/mol.